The Hall–Kier alpha value is -1.43. The predicted molar refractivity (Wildman–Crippen MR) is 103 cm³/mol. The van der Waals surface area contributed by atoms with E-state index in [1.165, 1.54) is 0 Å². The summed E-state index contributed by atoms with van der Waals surface area (Å²) in [6.07, 6.45) is 15.6. The first-order chi connectivity index (χ1) is 12.4. The highest BCUT2D eigenvalue weighted by molar-refractivity contribution is 5.66. The van der Waals surface area contributed by atoms with Crippen LogP contribution >= 0.6 is 0 Å². The molecule has 0 aromatic rings. The molecular weight excluding hydrogens is 332 g/mol. The Morgan fingerprint density at radius 1 is 1.38 bits per heavy atom. The fourth-order valence-electron chi connectivity index (χ4n) is 2.94. The summed E-state index contributed by atoms with van der Waals surface area (Å²) in [6.45, 7) is 4.55. The number of unbranched alkanes of at least 4 members (excludes halogenated alkanes) is 1. The molecule has 1 unspecified atom stereocenters. The highest BCUT2D eigenvalue weighted by Gasteiger charge is 2.27. The van der Waals surface area contributed by atoms with Crippen molar-refractivity contribution in [3.05, 3.63) is 36.5 Å². The van der Waals surface area contributed by atoms with E-state index < -0.39 is 17.5 Å². The van der Waals surface area contributed by atoms with Gasteiger partial charge in [-0.15, -0.1) is 0 Å². The van der Waals surface area contributed by atoms with Gasteiger partial charge in [-0.25, -0.2) is 0 Å². The molecule has 1 aliphatic carbocycles. The van der Waals surface area contributed by atoms with Crippen molar-refractivity contribution in [3.8, 4) is 0 Å². The quantitative estimate of drug-likeness (QED) is 0.344. The third-order valence-electron chi connectivity index (χ3n) is 4.73. The van der Waals surface area contributed by atoms with Crippen LogP contribution in [-0.2, 0) is 9.53 Å². The molecule has 0 aliphatic heterocycles. The number of hydrogen-bond acceptors (Lipinski definition) is 4. The van der Waals surface area contributed by atoms with Crippen LogP contribution in [0, 0.1) is 17.3 Å². The van der Waals surface area contributed by atoms with Crippen molar-refractivity contribution in [2.45, 2.75) is 52.1 Å². The van der Waals surface area contributed by atoms with Crippen LogP contribution in [0.1, 0.15) is 46.0 Å². The SMILES string of the molecule is CC(C)(COCCO)C(O)C=C[C@H]1C=CC[C@@H]1C/C=C\CCCC(=O)O. The number of hydrogen-bond donors (Lipinski definition) is 3. The third kappa shape index (κ3) is 8.79. The second-order valence-electron chi connectivity index (χ2n) is 7.59. The molecular formula is C21H34O5. The number of aliphatic hydroxyl groups is 2. The molecule has 1 rings (SSSR count). The summed E-state index contributed by atoms with van der Waals surface area (Å²) in [6, 6.07) is 0. The molecule has 3 N–H and O–H groups in total. The molecule has 5 nitrogen and oxygen atoms in total. The molecule has 0 spiro atoms. The van der Waals surface area contributed by atoms with Crippen LogP contribution in [-0.4, -0.2) is 47.2 Å². The first kappa shape index (κ1) is 22.6. The van der Waals surface area contributed by atoms with Gasteiger partial charge in [-0.1, -0.05) is 50.3 Å². The maximum absolute atomic E-state index is 10.5. The predicted octanol–water partition coefficient (Wildman–Crippen LogP) is 3.33. The summed E-state index contributed by atoms with van der Waals surface area (Å²) in [5, 5.41) is 27.8. The first-order valence-electron chi connectivity index (χ1n) is 9.45. The summed E-state index contributed by atoms with van der Waals surface area (Å²) in [7, 11) is 0. The van der Waals surface area contributed by atoms with E-state index in [1.54, 1.807) is 0 Å². The lowest BCUT2D eigenvalue weighted by Crippen LogP contribution is -2.33. The minimum Gasteiger partial charge on any atom is -0.481 e. The van der Waals surface area contributed by atoms with E-state index in [-0.39, 0.29) is 19.6 Å². The summed E-state index contributed by atoms with van der Waals surface area (Å²) >= 11 is 0. The number of ether oxygens (including phenoxy) is 1. The fourth-order valence-corrected chi connectivity index (χ4v) is 2.94. The Labute approximate surface area is 157 Å². The van der Waals surface area contributed by atoms with Crippen molar-refractivity contribution in [1.82, 2.24) is 0 Å². The maximum Gasteiger partial charge on any atom is 0.303 e. The minimum absolute atomic E-state index is 0.0135. The molecule has 0 aromatic carbocycles. The van der Waals surface area contributed by atoms with E-state index >= 15 is 0 Å². The molecule has 148 valence electrons. The number of carboxylic acid groups (broad SMARTS) is 1. The lowest BCUT2D eigenvalue weighted by atomic mass is 9.85. The lowest BCUT2D eigenvalue weighted by molar-refractivity contribution is -0.137. The second kappa shape index (κ2) is 12.0. The Kier molecular flexibility index (Phi) is 10.5. The molecule has 26 heavy (non-hydrogen) atoms. The van der Waals surface area contributed by atoms with Crippen LogP contribution in [0.2, 0.25) is 0 Å². The Morgan fingerprint density at radius 2 is 2.15 bits per heavy atom. The Balaban J connectivity index is 2.41. The topological polar surface area (TPSA) is 87.0 Å². The molecule has 0 radical (unpaired) electrons. The van der Waals surface area contributed by atoms with Crippen LogP contribution in [0.3, 0.4) is 0 Å². The normalized spacial score (nSPS) is 21.8. The van der Waals surface area contributed by atoms with E-state index in [9.17, 15) is 9.90 Å². The van der Waals surface area contributed by atoms with Gasteiger partial charge in [-0.3, -0.25) is 4.79 Å². The molecule has 3 atom stereocenters. The van der Waals surface area contributed by atoms with Gasteiger partial charge in [-0.05, 0) is 37.5 Å². The van der Waals surface area contributed by atoms with Crippen LogP contribution in [0.5, 0.6) is 0 Å². The van der Waals surface area contributed by atoms with Gasteiger partial charge in [0.1, 0.15) is 0 Å². The Morgan fingerprint density at radius 3 is 2.85 bits per heavy atom. The summed E-state index contributed by atoms with van der Waals surface area (Å²) < 4.78 is 5.36. The van der Waals surface area contributed by atoms with Gasteiger partial charge in [0.05, 0.1) is 25.9 Å². The summed E-state index contributed by atoms with van der Waals surface area (Å²) in [4.78, 5) is 10.5. The van der Waals surface area contributed by atoms with Gasteiger partial charge in [0.2, 0.25) is 0 Å². The summed E-state index contributed by atoms with van der Waals surface area (Å²) in [5.41, 5.74) is -0.409. The van der Waals surface area contributed by atoms with E-state index in [4.69, 9.17) is 14.9 Å². The van der Waals surface area contributed by atoms with Crippen molar-refractivity contribution >= 4 is 5.97 Å². The van der Waals surface area contributed by atoms with E-state index in [0.29, 0.717) is 24.9 Å². The van der Waals surface area contributed by atoms with E-state index in [2.05, 4.69) is 30.4 Å². The molecule has 1 aliphatic rings. The van der Waals surface area contributed by atoms with Gasteiger partial charge >= 0.3 is 5.97 Å². The number of rotatable bonds is 13. The fraction of sp³-hybridized carbons (Fsp3) is 0.667. The zero-order chi connectivity index (χ0) is 19.4. The van der Waals surface area contributed by atoms with Crippen LogP contribution < -0.4 is 0 Å². The lowest BCUT2D eigenvalue weighted by Gasteiger charge is -2.28. The number of aliphatic hydroxyl groups excluding tert-OH is 2. The molecule has 0 bridgehead atoms. The molecule has 0 saturated heterocycles. The van der Waals surface area contributed by atoms with Gasteiger partial charge in [-0.2, -0.15) is 0 Å². The number of aliphatic carboxylic acids is 1. The molecule has 0 amide bonds. The van der Waals surface area contributed by atoms with Crippen LogP contribution in [0.4, 0.5) is 0 Å². The first-order valence-corrected chi connectivity index (χ1v) is 9.45. The average molecular weight is 366 g/mol. The number of allylic oxidation sites excluding steroid dienone is 5. The van der Waals surface area contributed by atoms with E-state index in [0.717, 1.165) is 19.3 Å². The van der Waals surface area contributed by atoms with Gasteiger partial charge in [0, 0.05) is 11.8 Å². The van der Waals surface area contributed by atoms with Crippen molar-refractivity contribution in [3.63, 3.8) is 0 Å². The van der Waals surface area contributed by atoms with Crippen molar-refractivity contribution in [2.75, 3.05) is 19.8 Å². The number of carbonyl (C=O) groups is 1. The monoisotopic (exact) mass is 366 g/mol. The molecule has 0 saturated carbocycles. The van der Waals surface area contributed by atoms with Gasteiger partial charge in [0.25, 0.3) is 0 Å². The van der Waals surface area contributed by atoms with Crippen LogP contribution in [0.15, 0.2) is 36.5 Å². The van der Waals surface area contributed by atoms with Gasteiger partial charge in [0.15, 0.2) is 0 Å². The molecule has 0 fully saturated rings. The molecule has 0 heterocycles. The number of carboxylic acids is 1. The van der Waals surface area contributed by atoms with Crippen LogP contribution in [0.25, 0.3) is 0 Å². The van der Waals surface area contributed by atoms with Gasteiger partial charge < -0.3 is 20.1 Å². The van der Waals surface area contributed by atoms with Crippen molar-refractivity contribution in [1.29, 1.82) is 0 Å². The molecule has 0 aromatic heterocycles. The maximum atomic E-state index is 10.5. The zero-order valence-electron chi connectivity index (χ0n) is 16.0. The average Bonchev–Trinajstić information content (AvgIpc) is 3.03. The minimum atomic E-state index is -0.744. The van der Waals surface area contributed by atoms with Crippen molar-refractivity contribution in [2.24, 2.45) is 17.3 Å². The Bertz CT molecular complexity index is 493. The standard InChI is InChI=1S/C21H34O5/c1-21(2,16-26-15-14-22)19(23)13-12-18-10-7-9-17(18)8-5-3-4-6-11-20(24)25/h3,5,7,10,12-13,17-19,22-23H,4,6,8-9,11,14-16H2,1-2H3,(H,24,25)/b5-3-,13-12?/t17-,18+,19?/m0/s1. The summed E-state index contributed by atoms with van der Waals surface area (Å²) in [5.74, 6) is 0.0530. The zero-order valence-corrected chi connectivity index (χ0v) is 16.0. The van der Waals surface area contributed by atoms with Crippen molar-refractivity contribution < 1.29 is 24.9 Å². The highest BCUT2D eigenvalue weighted by atomic mass is 16.5. The second-order valence-corrected chi connectivity index (χ2v) is 7.59. The third-order valence-corrected chi connectivity index (χ3v) is 4.73. The highest BCUT2D eigenvalue weighted by Crippen LogP contribution is 2.31. The van der Waals surface area contributed by atoms with E-state index in [1.807, 2.05) is 19.9 Å². The molecule has 5 heteroatoms. The smallest absolute Gasteiger partial charge is 0.303 e. The largest absolute Gasteiger partial charge is 0.481 e.